The second kappa shape index (κ2) is 5.64. The number of sulfone groups is 1. The molecule has 1 saturated heterocycles. The maximum absolute atomic E-state index is 12.3. The molecule has 1 atom stereocenters. The SMILES string of the molecule is CNC1(CC(=O)NC2(C)CCS(=O)(=O)C2)CCCCC1. The van der Waals surface area contributed by atoms with E-state index in [1.54, 1.807) is 0 Å². The quantitative estimate of drug-likeness (QED) is 0.812. The second-order valence-electron chi connectivity index (χ2n) is 6.72. The fraction of sp³-hybridized carbons (Fsp3) is 0.929. The Balaban J connectivity index is 1.95. The van der Waals surface area contributed by atoms with Gasteiger partial charge in [-0.1, -0.05) is 19.3 Å². The summed E-state index contributed by atoms with van der Waals surface area (Å²) in [6, 6.07) is 0. The highest BCUT2D eigenvalue weighted by Crippen LogP contribution is 2.31. The Hall–Kier alpha value is -0.620. The van der Waals surface area contributed by atoms with Crippen molar-refractivity contribution >= 4 is 15.7 Å². The van der Waals surface area contributed by atoms with Gasteiger partial charge in [0.25, 0.3) is 0 Å². The molecule has 1 aliphatic heterocycles. The highest BCUT2D eigenvalue weighted by Gasteiger charge is 2.41. The highest BCUT2D eigenvalue weighted by atomic mass is 32.2. The van der Waals surface area contributed by atoms with Crippen molar-refractivity contribution in [2.45, 2.75) is 62.9 Å². The third kappa shape index (κ3) is 3.73. The zero-order chi connectivity index (χ0) is 14.9. The number of hydrogen-bond donors (Lipinski definition) is 2. The molecular weight excluding hydrogens is 276 g/mol. The molecule has 2 aliphatic rings. The predicted molar refractivity (Wildman–Crippen MR) is 79.3 cm³/mol. The van der Waals surface area contributed by atoms with E-state index in [0.717, 1.165) is 25.7 Å². The van der Waals surface area contributed by atoms with Crippen molar-refractivity contribution in [1.82, 2.24) is 10.6 Å². The van der Waals surface area contributed by atoms with E-state index < -0.39 is 15.4 Å². The van der Waals surface area contributed by atoms with Crippen LogP contribution in [0.1, 0.15) is 51.9 Å². The van der Waals surface area contributed by atoms with Gasteiger partial charge in [-0.3, -0.25) is 4.79 Å². The second-order valence-corrected chi connectivity index (χ2v) is 8.90. The molecule has 0 radical (unpaired) electrons. The van der Waals surface area contributed by atoms with Crippen LogP contribution in [0.15, 0.2) is 0 Å². The summed E-state index contributed by atoms with van der Waals surface area (Å²) in [7, 11) is -1.07. The van der Waals surface area contributed by atoms with Crippen molar-refractivity contribution in [2.75, 3.05) is 18.6 Å². The number of carbonyl (C=O) groups excluding carboxylic acids is 1. The summed E-state index contributed by atoms with van der Waals surface area (Å²) in [5.41, 5.74) is -0.685. The first-order valence-corrected chi connectivity index (χ1v) is 9.31. The van der Waals surface area contributed by atoms with Gasteiger partial charge in [0.05, 0.1) is 17.0 Å². The van der Waals surface area contributed by atoms with Crippen LogP contribution < -0.4 is 10.6 Å². The van der Waals surface area contributed by atoms with E-state index in [1.165, 1.54) is 6.42 Å². The summed E-state index contributed by atoms with van der Waals surface area (Å²) < 4.78 is 23.1. The molecule has 0 spiro atoms. The van der Waals surface area contributed by atoms with Gasteiger partial charge in [-0.25, -0.2) is 8.42 Å². The average molecular weight is 302 g/mol. The number of carbonyl (C=O) groups is 1. The van der Waals surface area contributed by atoms with Gasteiger partial charge >= 0.3 is 0 Å². The zero-order valence-corrected chi connectivity index (χ0v) is 13.3. The molecule has 2 fully saturated rings. The lowest BCUT2D eigenvalue weighted by molar-refractivity contribution is -0.124. The number of hydrogen-bond acceptors (Lipinski definition) is 4. The molecule has 1 unspecified atom stereocenters. The summed E-state index contributed by atoms with van der Waals surface area (Å²) in [6.45, 7) is 1.84. The smallest absolute Gasteiger partial charge is 0.222 e. The fourth-order valence-electron chi connectivity index (χ4n) is 3.54. The standard InChI is InChI=1S/C14H26N2O3S/c1-13(8-9-20(18,19)11-13)16-12(17)10-14(15-2)6-4-3-5-7-14/h15H,3-11H2,1-2H3,(H,16,17). The monoisotopic (exact) mass is 302 g/mol. The maximum Gasteiger partial charge on any atom is 0.222 e. The molecule has 1 amide bonds. The zero-order valence-electron chi connectivity index (χ0n) is 12.5. The Labute approximate surface area is 121 Å². The van der Waals surface area contributed by atoms with Gasteiger partial charge in [0.15, 0.2) is 9.84 Å². The lowest BCUT2D eigenvalue weighted by Crippen LogP contribution is -2.53. The minimum atomic E-state index is -2.98. The molecule has 0 aromatic rings. The van der Waals surface area contributed by atoms with Crippen LogP contribution >= 0.6 is 0 Å². The Morgan fingerprint density at radius 3 is 2.30 bits per heavy atom. The van der Waals surface area contributed by atoms with E-state index >= 15 is 0 Å². The van der Waals surface area contributed by atoms with Crippen molar-refractivity contribution in [1.29, 1.82) is 0 Å². The van der Waals surface area contributed by atoms with Gasteiger partial charge in [-0.15, -0.1) is 0 Å². The van der Waals surface area contributed by atoms with Crippen LogP contribution in [0.3, 0.4) is 0 Å². The lowest BCUT2D eigenvalue weighted by Gasteiger charge is -2.37. The Kier molecular flexibility index (Phi) is 4.44. The largest absolute Gasteiger partial charge is 0.350 e. The fourth-order valence-corrected chi connectivity index (χ4v) is 5.63. The molecule has 6 heteroatoms. The van der Waals surface area contributed by atoms with Crippen LogP contribution in [0.5, 0.6) is 0 Å². The van der Waals surface area contributed by atoms with Crippen LogP contribution in [0.4, 0.5) is 0 Å². The van der Waals surface area contributed by atoms with Gasteiger partial charge in [0.2, 0.25) is 5.91 Å². The highest BCUT2D eigenvalue weighted by molar-refractivity contribution is 7.91. The summed E-state index contributed by atoms with van der Waals surface area (Å²) in [5, 5.41) is 6.28. The van der Waals surface area contributed by atoms with E-state index in [4.69, 9.17) is 0 Å². The first kappa shape index (κ1) is 15.8. The summed E-state index contributed by atoms with van der Waals surface area (Å²) in [5.74, 6) is 0.222. The molecular formula is C14H26N2O3S. The Morgan fingerprint density at radius 2 is 1.80 bits per heavy atom. The molecule has 0 aromatic carbocycles. The minimum Gasteiger partial charge on any atom is -0.350 e. The van der Waals surface area contributed by atoms with E-state index in [0.29, 0.717) is 12.8 Å². The van der Waals surface area contributed by atoms with E-state index in [1.807, 2.05) is 14.0 Å². The molecule has 2 N–H and O–H groups in total. The van der Waals surface area contributed by atoms with Crippen LogP contribution in [-0.2, 0) is 14.6 Å². The molecule has 1 saturated carbocycles. The average Bonchev–Trinajstić information content (AvgIpc) is 2.64. The van der Waals surface area contributed by atoms with E-state index in [2.05, 4.69) is 10.6 Å². The van der Waals surface area contributed by atoms with Crippen molar-refractivity contribution < 1.29 is 13.2 Å². The minimum absolute atomic E-state index is 0.0270. The summed E-state index contributed by atoms with van der Waals surface area (Å²) in [4.78, 5) is 12.3. The van der Waals surface area contributed by atoms with Crippen LogP contribution in [0.2, 0.25) is 0 Å². The Bertz CT molecular complexity index is 469. The summed E-state index contributed by atoms with van der Waals surface area (Å²) >= 11 is 0. The molecule has 20 heavy (non-hydrogen) atoms. The Morgan fingerprint density at radius 1 is 1.15 bits per heavy atom. The van der Waals surface area contributed by atoms with Gasteiger partial charge in [-0.05, 0) is 33.2 Å². The van der Waals surface area contributed by atoms with Crippen molar-refractivity contribution in [2.24, 2.45) is 0 Å². The maximum atomic E-state index is 12.3. The normalized spacial score (nSPS) is 31.9. The van der Waals surface area contributed by atoms with E-state index in [-0.39, 0.29) is 23.0 Å². The third-order valence-electron chi connectivity index (χ3n) is 4.78. The number of nitrogens with one attached hydrogen (secondary N) is 2. The first-order chi connectivity index (χ1) is 9.28. The first-order valence-electron chi connectivity index (χ1n) is 7.49. The van der Waals surface area contributed by atoms with Crippen LogP contribution in [-0.4, -0.2) is 44.0 Å². The molecule has 1 heterocycles. The van der Waals surface area contributed by atoms with Gasteiger partial charge in [0.1, 0.15) is 0 Å². The molecule has 5 nitrogen and oxygen atoms in total. The number of rotatable bonds is 4. The molecule has 0 aromatic heterocycles. The van der Waals surface area contributed by atoms with Gasteiger partial charge in [-0.2, -0.15) is 0 Å². The van der Waals surface area contributed by atoms with Crippen LogP contribution in [0.25, 0.3) is 0 Å². The predicted octanol–water partition coefficient (Wildman–Crippen LogP) is 0.992. The van der Waals surface area contributed by atoms with E-state index in [9.17, 15) is 13.2 Å². The third-order valence-corrected chi connectivity index (χ3v) is 6.69. The molecule has 2 rings (SSSR count). The van der Waals surface area contributed by atoms with Gasteiger partial charge < -0.3 is 10.6 Å². The number of amides is 1. The molecule has 1 aliphatic carbocycles. The van der Waals surface area contributed by atoms with Crippen LogP contribution in [0, 0.1) is 0 Å². The van der Waals surface area contributed by atoms with Crippen molar-refractivity contribution in [3.05, 3.63) is 0 Å². The lowest BCUT2D eigenvalue weighted by atomic mass is 9.79. The van der Waals surface area contributed by atoms with Crippen molar-refractivity contribution in [3.63, 3.8) is 0 Å². The molecule has 116 valence electrons. The molecule has 0 bridgehead atoms. The van der Waals surface area contributed by atoms with Crippen molar-refractivity contribution in [3.8, 4) is 0 Å². The topological polar surface area (TPSA) is 75.3 Å². The van der Waals surface area contributed by atoms with Gasteiger partial charge in [0, 0.05) is 12.0 Å². The summed E-state index contributed by atoms with van der Waals surface area (Å²) in [6.07, 6.45) is 6.55.